The van der Waals surface area contributed by atoms with Gasteiger partial charge in [0.15, 0.2) is 5.69 Å². The molecule has 3 N–H and O–H groups in total. The van der Waals surface area contributed by atoms with Crippen LogP contribution in [0.1, 0.15) is 63.1 Å². The first-order valence-electron chi connectivity index (χ1n) is 13.0. The number of nitrogens with zero attached hydrogens (tertiary/aromatic N) is 1. The molecule has 6 rings (SSSR count). The number of hydrogen-bond donors (Lipinski definition) is 3. The van der Waals surface area contributed by atoms with Crippen LogP contribution in [0.25, 0.3) is 10.9 Å². The normalized spacial score (nSPS) is 28.2. The summed E-state index contributed by atoms with van der Waals surface area (Å²) in [6, 6.07) is 12.5. The van der Waals surface area contributed by atoms with E-state index < -0.39 is 17.1 Å². The van der Waals surface area contributed by atoms with Gasteiger partial charge in [0.1, 0.15) is 5.75 Å². The van der Waals surface area contributed by atoms with Crippen LogP contribution in [0, 0.1) is 28.4 Å². The summed E-state index contributed by atoms with van der Waals surface area (Å²) in [5.74, 6) is -0.636. The van der Waals surface area contributed by atoms with Crippen molar-refractivity contribution in [2.45, 2.75) is 51.9 Å². The first-order valence-corrected chi connectivity index (χ1v) is 13.0. The number of hydrogen-bond acceptors (Lipinski definition) is 5. The summed E-state index contributed by atoms with van der Waals surface area (Å²) in [5, 5.41) is 21.0. The van der Waals surface area contributed by atoms with Crippen LogP contribution in [0.15, 0.2) is 42.5 Å². The summed E-state index contributed by atoms with van der Waals surface area (Å²) in [7, 11) is 1.42. The van der Waals surface area contributed by atoms with Crippen molar-refractivity contribution < 1.29 is 24.8 Å². The maximum absolute atomic E-state index is 14.2. The third kappa shape index (κ3) is 3.54. The Kier molecular flexibility index (Phi) is 5.49. The standard InChI is InChI=1S/C29H33N3O5/c1-29(2,3)15-9-11-17-19(13-15)24-25(26-23(17)18-7-5-6-8-20(18)30-26)28(34)31(27(24)33)21-12-10-16(32(35)36)14-22(21)37-4/h5-8,10,12,14-15,17,19,24-25,30,32,35H,9,11,13H2,1-4H3. The zero-order valence-electron chi connectivity index (χ0n) is 21.6. The number of methoxy groups -OCH3 is 1. The smallest absolute Gasteiger partial charge is 0.243 e. The number of quaternary nitrogens is 1. The number of carbonyl (C=O) groups is 2. The van der Waals surface area contributed by atoms with Gasteiger partial charge in [-0.25, -0.2) is 10.1 Å². The number of H-pyrrole nitrogens is 1. The molecular formula is C29H33N3O5. The number of aromatic nitrogens is 1. The lowest BCUT2D eigenvalue weighted by molar-refractivity contribution is -0.991. The summed E-state index contributed by atoms with van der Waals surface area (Å²) in [6.07, 6.45) is 2.98. The molecule has 2 aliphatic carbocycles. The molecule has 1 aromatic heterocycles. The molecule has 2 amide bonds. The number of nitrogens with one attached hydrogen (secondary N) is 2. The van der Waals surface area contributed by atoms with Gasteiger partial charge in [-0.2, -0.15) is 5.23 Å². The number of fused-ring (bicyclic) bond motifs is 8. The molecule has 2 heterocycles. The van der Waals surface area contributed by atoms with Crippen LogP contribution in [0.3, 0.4) is 0 Å². The van der Waals surface area contributed by atoms with E-state index in [1.54, 1.807) is 0 Å². The van der Waals surface area contributed by atoms with Crippen molar-refractivity contribution in [1.82, 2.24) is 4.98 Å². The van der Waals surface area contributed by atoms with Crippen molar-refractivity contribution in [3.8, 4) is 5.75 Å². The van der Waals surface area contributed by atoms with E-state index >= 15 is 0 Å². The number of amides is 2. The average Bonchev–Trinajstić information content (AvgIpc) is 3.38. The zero-order chi connectivity index (χ0) is 26.2. The summed E-state index contributed by atoms with van der Waals surface area (Å²) in [4.78, 5) is 33.1. The average molecular weight is 504 g/mol. The molecule has 1 aliphatic heterocycles. The lowest BCUT2D eigenvalue weighted by atomic mass is 9.56. The molecule has 8 nitrogen and oxygen atoms in total. The Bertz CT molecular complexity index is 1400. The third-order valence-corrected chi connectivity index (χ3v) is 9.06. The molecule has 1 saturated heterocycles. The molecule has 0 bridgehead atoms. The van der Waals surface area contributed by atoms with Gasteiger partial charge < -0.3 is 14.9 Å². The van der Waals surface area contributed by atoms with Gasteiger partial charge in [-0.1, -0.05) is 39.0 Å². The van der Waals surface area contributed by atoms with Gasteiger partial charge >= 0.3 is 0 Å². The minimum Gasteiger partial charge on any atom is -0.595 e. The monoisotopic (exact) mass is 503 g/mol. The van der Waals surface area contributed by atoms with Crippen LogP contribution >= 0.6 is 0 Å². The topological polar surface area (TPSA) is 110 Å². The highest BCUT2D eigenvalue weighted by molar-refractivity contribution is 6.25. The first-order chi connectivity index (χ1) is 17.6. The van der Waals surface area contributed by atoms with Crippen molar-refractivity contribution in [1.29, 1.82) is 0 Å². The fraction of sp³-hybridized carbons (Fsp3) is 0.448. The van der Waals surface area contributed by atoms with Crippen molar-refractivity contribution in [2.75, 3.05) is 12.0 Å². The molecule has 1 saturated carbocycles. The molecule has 0 spiro atoms. The lowest BCUT2D eigenvalue weighted by Gasteiger charge is -2.47. The van der Waals surface area contributed by atoms with Crippen LogP contribution in [0.4, 0.5) is 11.4 Å². The first kappa shape index (κ1) is 24.2. The molecule has 3 aromatic rings. The predicted octanol–water partition coefficient (Wildman–Crippen LogP) is 4.41. The number of aromatic amines is 1. The van der Waals surface area contributed by atoms with Gasteiger partial charge in [0, 0.05) is 28.7 Å². The second-order valence-electron chi connectivity index (χ2n) is 11.9. The predicted molar refractivity (Wildman–Crippen MR) is 139 cm³/mol. The Labute approximate surface area is 215 Å². The number of anilines is 1. The lowest BCUT2D eigenvalue weighted by Crippen LogP contribution is -2.99. The highest BCUT2D eigenvalue weighted by Crippen LogP contribution is 2.60. The van der Waals surface area contributed by atoms with Crippen molar-refractivity contribution in [2.24, 2.45) is 23.2 Å². The van der Waals surface area contributed by atoms with Crippen molar-refractivity contribution in [3.05, 3.63) is 58.9 Å². The summed E-state index contributed by atoms with van der Waals surface area (Å²) in [5.41, 5.74) is 3.51. The Hall–Kier alpha value is -3.20. The maximum atomic E-state index is 14.2. The van der Waals surface area contributed by atoms with Gasteiger partial charge in [0.25, 0.3) is 0 Å². The van der Waals surface area contributed by atoms with E-state index in [9.17, 15) is 20.0 Å². The van der Waals surface area contributed by atoms with Gasteiger partial charge in [-0.3, -0.25) is 9.59 Å². The molecule has 6 unspecified atom stereocenters. The van der Waals surface area contributed by atoms with E-state index in [2.05, 4.69) is 31.8 Å². The number of rotatable bonds is 3. The van der Waals surface area contributed by atoms with Crippen molar-refractivity contribution in [3.63, 3.8) is 0 Å². The van der Waals surface area contributed by atoms with Gasteiger partial charge in [-0.15, -0.1) is 0 Å². The Morgan fingerprint density at radius 2 is 1.86 bits per heavy atom. The van der Waals surface area contributed by atoms with E-state index in [0.717, 1.165) is 35.9 Å². The van der Waals surface area contributed by atoms with Gasteiger partial charge in [0.05, 0.1) is 24.6 Å². The van der Waals surface area contributed by atoms with E-state index in [4.69, 9.17) is 4.74 Å². The molecule has 2 aromatic carbocycles. The van der Waals surface area contributed by atoms with Gasteiger partial charge in [0.2, 0.25) is 11.8 Å². The largest absolute Gasteiger partial charge is 0.595 e. The number of imide groups is 1. The molecule has 2 fully saturated rings. The highest BCUT2D eigenvalue weighted by Gasteiger charge is 2.60. The number of carbonyl (C=O) groups excluding carboxylic acids is 2. The molecule has 0 radical (unpaired) electrons. The summed E-state index contributed by atoms with van der Waals surface area (Å²) in [6.45, 7) is 6.79. The van der Waals surface area contributed by atoms with Crippen LogP contribution in [-0.2, 0) is 9.59 Å². The maximum Gasteiger partial charge on any atom is 0.243 e. The quantitative estimate of drug-likeness (QED) is 0.362. The fourth-order valence-electron chi connectivity index (χ4n) is 7.24. The Balaban J connectivity index is 1.51. The van der Waals surface area contributed by atoms with Crippen LogP contribution in [0.5, 0.6) is 5.75 Å². The second-order valence-corrected chi connectivity index (χ2v) is 11.9. The molecule has 6 atom stereocenters. The van der Waals surface area contributed by atoms with E-state index in [0.29, 0.717) is 11.6 Å². The van der Waals surface area contributed by atoms with Crippen LogP contribution in [0.2, 0.25) is 0 Å². The van der Waals surface area contributed by atoms with Crippen LogP contribution in [-0.4, -0.2) is 29.1 Å². The molecule has 194 valence electrons. The molecular weight excluding hydrogens is 470 g/mol. The Morgan fingerprint density at radius 1 is 1.11 bits per heavy atom. The van der Waals surface area contributed by atoms with E-state index in [1.807, 2.05) is 18.2 Å². The van der Waals surface area contributed by atoms with Crippen molar-refractivity contribution >= 4 is 34.1 Å². The molecule has 8 heteroatoms. The van der Waals surface area contributed by atoms with Gasteiger partial charge in [-0.05, 0) is 60.1 Å². The Morgan fingerprint density at radius 3 is 2.57 bits per heavy atom. The number of benzene rings is 2. The molecule has 37 heavy (non-hydrogen) atoms. The second kappa shape index (κ2) is 8.41. The summed E-state index contributed by atoms with van der Waals surface area (Å²) >= 11 is 0. The van der Waals surface area contributed by atoms with E-state index in [-0.39, 0.29) is 40.5 Å². The fourth-order valence-corrected chi connectivity index (χ4v) is 7.24. The summed E-state index contributed by atoms with van der Waals surface area (Å²) < 4.78 is 5.47. The SMILES string of the molecule is COc1cc([NH+]([O-])O)ccc1N1C(=O)C2c3[nH]c4ccccc4c3C3CCC(C(C)(C)C)CC3C2C1=O. The van der Waals surface area contributed by atoms with Crippen LogP contribution < -0.4 is 14.9 Å². The minimum atomic E-state index is -1.10. The highest BCUT2D eigenvalue weighted by atomic mass is 16.8. The number of ether oxygens (including phenoxy) is 1. The zero-order valence-corrected chi connectivity index (χ0v) is 21.6. The number of para-hydroxylation sites is 1. The molecule has 3 aliphatic rings. The minimum absolute atomic E-state index is 0.0374. The third-order valence-electron chi connectivity index (χ3n) is 9.06. The van der Waals surface area contributed by atoms with E-state index in [1.165, 1.54) is 35.8 Å².